The van der Waals surface area contributed by atoms with Crippen LogP contribution in [0.3, 0.4) is 0 Å². The average Bonchev–Trinajstić information content (AvgIpc) is 2.68. The van der Waals surface area contributed by atoms with Gasteiger partial charge in [-0.05, 0) is 42.2 Å². The molecule has 1 N–H and O–H groups in total. The molecule has 5 heteroatoms. The molecular weight excluding hydrogens is 310 g/mol. The van der Waals surface area contributed by atoms with Gasteiger partial charge in [-0.25, -0.2) is 4.98 Å². The van der Waals surface area contributed by atoms with Crippen LogP contribution in [0.2, 0.25) is 0 Å². The van der Waals surface area contributed by atoms with E-state index >= 15 is 0 Å². The first-order valence-electron chi connectivity index (χ1n) is 8.52. The number of benzene rings is 1. The van der Waals surface area contributed by atoms with Crippen LogP contribution < -0.4 is 10.2 Å². The van der Waals surface area contributed by atoms with E-state index in [1.165, 1.54) is 11.1 Å². The van der Waals surface area contributed by atoms with Gasteiger partial charge in [0, 0.05) is 38.7 Å². The second kappa shape index (κ2) is 8.78. The SMILES string of the molecule is CN(CCc1ccncc1)c1nccc(NCCc2ccccc2)n1. The molecule has 25 heavy (non-hydrogen) atoms. The van der Waals surface area contributed by atoms with E-state index < -0.39 is 0 Å². The summed E-state index contributed by atoms with van der Waals surface area (Å²) in [5, 5.41) is 3.38. The molecule has 0 unspecified atom stereocenters. The van der Waals surface area contributed by atoms with Crippen LogP contribution in [0.1, 0.15) is 11.1 Å². The number of nitrogens with one attached hydrogen (secondary N) is 1. The molecule has 1 aromatic carbocycles. The Bertz CT molecular complexity index is 761. The molecule has 0 atom stereocenters. The Balaban J connectivity index is 1.51. The molecule has 0 fully saturated rings. The number of nitrogens with zero attached hydrogens (tertiary/aromatic N) is 4. The average molecular weight is 333 g/mol. The zero-order valence-electron chi connectivity index (χ0n) is 14.5. The van der Waals surface area contributed by atoms with Crippen molar-refractivity contribution in [3.63, 3.8) is 0 Å². The number of hydrogen-bond acceptors (Lipinski definition) is 5. The lowest BCUT2D eigenvalue weighted by atomic mass is 10.1. The molecule has 0 amide bonds. The Morgan fingerprint density at radius 2 is 1.64 bits per heavy atom. The molecule has 5 nitrogen and oxygen atoms in total. The summed E-state index contributed by atoms with van der Waals surface area (Å²) < 4.78 is 0. The van der Waals surface area contributed by atoms with Crippen LogP contribution in [0.25, 0.3) is 0 Å². The van der Waals surface area contributed by atoms with E-state index in [1.54, 1.807) is 6.20 Å². The third-order valence-corrected chi connectivity index (χ3v) is 4.03. The van der Waals surface area contributed by atoms with Crippen molar-refractivity contribution in [2.75, 3.05) is 30.4 Å². The van der Waals surface area contributed by atoms with Gasteiger partial charge < -0.3 is 10.2 Å². The van der Waals surface area contributed by atoms with Crippen LogP contribution in [-0.4, -0.2) is 35.1 Å². The maximum absolute atomic E-state index is 4.61. The molecule has 3 rings (SSSR count). The van der Waals surface area contributed by atoms with Gasteiger partial charge >= 0.3 is 0 Å². The van der Waals surface area contributed by atoms with Crippen LogP contribution in [0.5, 0.6) is 0 Å². The first-order valence-corrected chi connectivity index (χ1v) is 8.52. The molecule has 3 aromatic rings. The number of rotatable bonds is 8. The van der Waals surface area contributed by atoms with E-state index in [0.717, 1.165) is 37.7 Å². The fraction of sp³-hybridized carbons (Fsp3) is 0.250. The smallest absolute Gasteiger partial charge is 0.226 e. The molecule has 0 bridgehead atoms. The van der Waals surface area contributed by atoms with Crippen molar-refractivity contribution < 1.29 is 0 Å². The molecule has 128 valence electrons. The zero-order valence-corrected chi connectivity index (χ0v) is 14.5. The van der Waals surface area contributed by atoms with Crippen molar-refractivity contribution in [3.05, 3.63) is 78.2 Å². The number of hydrogen-bond donors (Lipinski definition) is 1. The second-order valence-corrected chi connectivity index (χ2v) is 5.93. The third kappa shape index (κ3) is 5.28. The van der Waals surface area contributed by atoms with Crippen molar-refractivity contribution in [2.24, 2.45) is 0 Å². The van der Waals surface area contributed by atoms with Crippen LogP contribution in [0.15, 0.2) is 67.1 Å². The maximum Gasteiger partial charge on any atom is 0.226 e. The minimum atomic E-state index is 0.735. The largest absolute Gasteiger partial charge is 0.370 e. The highest BCUT2D eigenvalue weighted by molar-refractivity contribution is 5.41. The van der Waals surface area contributed by atoms with Crippen molar-refractivity contribution in [3.8, 4) is 0 Å². The number of pyridine rings is 1. The first kappa shape index (κ1) is 16.9. The highest BCUT2D eigenvalue weighted by Gasteiger charge is 2.06. The minimum absolute atomic E-state index is 0.735. The minimum Gasteiger partial charge on any atom is -0.370 e. The van der Waals surface area contributed by atoms with E-state index in [2.05, 4.69) is 49.4 Å². The molecule has 0 saturated carbocycles. The standard InChI is InChI=1S/C20H23N5/c1-25(16-11-18-7-12-21-13-8-18)20-23-15-10-19(24-20)22-14-9-17-5-3-2-4-6-17/h2-8,10,12-13,15H,9,11,14,16H2,1H3,(H,22,23,24). The predicted molar refractivity (Wildman–Crippen MR) is 102 cm³/mol. The highest BCUT2D eigenvalue weighted by atomic mass is 15.2. The summed E-state index contributed by atoms with van der Waals surface area (Å²) in [4.78, 5) is 15.1. The molecular formula is C20H23N5. The Kier molecular flexibility index (Phi) is 5.93. The van der Waals surface area contributed by atoms with Crippen LogP contribution >= 0.6 is 0 Å². The molecule has 0 aliphatic carbocycles. The van der Waals surface area contributed by atoms with Crippen molar-refractivity contribution >= 4 is 11.8 Å². The molecule has 0 saturated heterocycles. The molecule has 2 heterocycles. The van der Waals surface area contributed by atoms with E-state index in [1.807, 2.05) is 43.7 Å². The van der Waals surface area contributed by atoms with Gasteiger partial charge in [-0.1, -0.05) is 30.3 Å². The van der Waals surface area contributed by atoms with Gasteiger partial charge in [-0.2, -0.15) is 4.98 Å². The molecule has 0 aliphatic rings. The lowest BCUT2D eigenvalue weighted by molar-refractivity contribution is 0.835. The normalized spacial score (nSPS) is 10.4. The molecule has 0 radical (unpaired) electrons. The summed E-state index contributed by atoms with van der Waals surface area (Å²) in [6.07, 6.45) is 7.36. The van der Waals surface area contributed by atoms with Gasteiger partial charge in [0.1, 0.15) is 5.82 Å². The van der Waals surface area contributed by atoms with Crippen molar-refractivity contribution in [2.45, 2.75) is 12.8 Å². The molecule has 0 aliphatic heterocycles. The number of anilines is 2. The zero-order chi connectivity index (χ0) is 17.3. The van der Waals surface area contributed by atoms with Gasteiger partial charge in [0.2, 0.25) is 5.95 Å². The summed E-state index contributed by atoms with van der Waals surface area (Å²) in [5.74, 6) is 1.59. The van der Waals surface area contributed by atoms with Crippen LogP contribution in [0, 0.1) is 0 Å². The van der Waals surface area contributed by atoms with Crippen molar-refractivity contribution in [1.29, 1.82) is 0 Å². The topological polar surface area (TPSA) is 53.9 Å². The fourth-order valence-electron chi connectivity index (χ4n) is 2.56. The summed E-state index contributed by atoms with van der Waals surface area (Å²) in [6, 6.07) is 16.4. The monoisotopic (exact) mass is 333 g/mol. The summed E-state index contributed by atoms with van der Waals surface area (Å²) >= 11 is 0. The Morgan fingerprint density at radius 3 is 2.44 bits per heavy atom. The van der Waals surface area contributed by atoms with E-state index in [-0.39, 0.29) is 0 Å². The summed E-state index contributed by atoms with van der Waals surface area (Å²) in [7, 11) is 2.02. The van der Waals surface area contributed by atoms with Crippen LogP contribution in [0.4, 0.5) is 11.8 Å². The molecule has 2 aromatic heterocycles. The lowest BCUT2D eigenvalue weighted by Gasteiger charge is -2.17. The Hall–Kier alpha value is -2.95. The number of aromatic nitrogens is 3. The highest BCUT2D eigenvalue weighted by Crippen LogP contribution is 2.11. The van der Waals surface area contributed by atoms with Crippen molar-refractivity contribution in [1.82, 2.24) is 15.0 Å². The van der Waals surface area contributed by atoms with E-state index in [0.29, 0.717) is 0 Å². The molecule has 0 spiro atoms. The summed E-state index contributed by atoms with van der Waals surface area (Å²) in [5.41, 5.74) is 2.58. The van der Waals surface area contributed by atoms with Gasteiger partial charge in [-0.15, -0.1) is 0 Å². The van der Waals surface area contributed by atoms with Gasteiger partial charge in [0.15, 0.2) is 0 Å². The lowest BCUT2D eigenvalue weighted by Crippen LogP contribution is -2.23. The maximum atomic E-state index is 4.61. The predicted octanol–water partition coefficient (Wildman–Crippen LogP) is 3.21. The first-order chi connectivity index (χ1) is 12.3. The summed E-state index contributed by atoms with van der Waals surface area (Å²) in [6.45, 7) is 1.71. The van der Waals surface area contributed by atoms with E-state index in [4.69, 9.17) is 0 Å². The van der Waals surface area contributed by atoms with Gasteiger partial charge in [0.05, 0.1) is 0 Å². The fourth-order valence-corrected chi connectivity index (χ4v) is 2.56. The van der Waals surface area contributed by atoms with Gasteiger partial charge in [-0.3, -0.25) is 4.98 Å². The van der Waals surface area contributed by atoms with Gasteiger partial charge in [0.25, 0.3) is 0 Å². The quantitative estimate of drug-likeness (QED) is 0.686. The third-order valence-electron chi connectivity index (χ3n) is 4.03. The van der Waals surface area contributed by atoms with Crippen LogP contribution in [-0.2, 0) is 12.8 Å². The Morgan fingerprint density at radius 1 is 0.880 bits per heavy atom. The van der Waals surface area contributed by atoms with E-state index in [9.17, 15) is 0 Å². The second-order valence-electron chi connectivity index (χ2n) is 5.93. The number of likely N-dealkylation sites (N-methyl/N-ethyl adjacent to an activating group) is 1. The Labute approximate surface area is 148 Å².